The lowest BCUT2D eigenvalue weighted by atomic mass is 10.0. The second kappa shape index (κ2) is 8.02. The van der Waals surface area contributed by atoms with Crippen molar-refractivity contribution in [1.29, 1.82) is 0 Å². The van der Waals surface area contributed by atoms with Gasteiger partial charge in [-0.25, -0.2) is 9.67 Å². The summed E-state index contributed by atoms with van der Waals surface area (Å²) in [6.45, 7) is 6.17. The SMILES string of the molecule is CCn1ncc(NC(=O)Cn2nc(C)c3c(-c4ccc(C)cc4)ccnc32)c1C(N)=O. The molecule has 158 valence electrons. The summed E-state index contributed by atoms with van der Waals surface area (Å²) in [5, 5.41) is 12.2. The minimum absolute atomic E-state index is 0.0653. The standard InChI is InChI=1S/C22H23N7O2/c1-4-28-20(21(23)31)17(11-25-28)26-18(30)12-29-22-19(14(3)27-29)16(9-10-24-22)15-7-5-13(2)6-8-15/h5-11H,4,12H2,1-3H3,(H2,23,31)(H,26,30). The largest absolute Gasteiger partial charge is 0.364 e. The van der Waals surface area contributed by atoms with Crippen molar-refractivity contribution in [2.75, 3.05) is 5.32 Å². The zero-order chi connectivity index (χ0) is 22.1. The number of primary amides is 1. The Morgan fingerprint density at radius 2 is 1.84 bits per heavy atom. The molecule has 0 saturated carbocycles. The third kappa shape index (κ3) is 3.77. The first-order valence-electron chi connectivity index (χ1n) is 9.93. The van der Waals surface area contributed by atoms with Gasteiger partial charge in [0.15, 0.2) is 5.65 Å². The van der Waals surface area contributed by atoms with Gasteiger partial charge >= 0.3 is 0 Å². The fourth-order valence-electron chi connectivity index (χ4n) is 3.67. The lowest BCUT2D eigenvalue weighted by Gasteiger charge is -2.08. The van der Waals surface area contributed by atoms with E-state index in [4.69, 9.17) is 5.73 Å². The van der Waals surface area contributed by atoms with Gasteiger partial charge < -0.3 is 11.1 Å². The first kappa shape index (κ1) is 20.3. The van der Waals surface area contributed by atoms with Gasteiger partial charge in [0.25, 0.3) is 5.91 Å². The van der Waals surface area contributed by atoms with E-state index in [1.807, 2.05) is 26.8 Å². The Hall–Kier alpha value is -4.01. The van der Waals surface area contributed by atoms with Gasteiger partial charge in [0.05, 0.1) is 17.6 Å². The predicted molar refractivity (Wildman–Crippen MR) is 117 cm³/mol. The van der Waals surface area contributed by atoms with Crippen molar-refractivity contribution in [2.45, 2.75) is 33.9 Å². The number of benzene rings is 1. The number of hydrogen-bond acceptors (Lipinski definition) is 5. The maximum atomic E-state index is 12.7. The molecule has 0 atom stereocenters. The van der Waals surface area contributed by atoms with Crippen LogP contribution in [0.4, 0.5) is 5.69 Å². The Labute approximate surface area is 178 Å². The van der Waals surface area contributed by atoms with Gasteiger partial charge in [-0.05, 0) is 38.0 Å². The molecule has 0 aliphatic heterocycles. The van der Waals surface area contributed by atoms with Crippen LogP contribution in [0.5, 0.6) is 0 Å². The molecular formula is C22H23N7O2. The molecule has 0 bridgehead atoms. The average molecular weight is 417 g/mol. The smallest absolute Gasteiger partial charge is 0.269 e. The number of fused-ring (bicyclic) bond motifs is 1. The monoisotopic (exact) mass is 417 g/mol. The fraction of sp³-hybridized carbons (Fsp3) is 0.227. The molecule has 3 heterocycles. The predicted octanol–water partition coefficient (Wildman–Crippen LogP) is 2.67. The molecule has 0 unspecified atom stereocenters. The van der Waals surface area contributed by atoms with E-state index in [9.17, 15) is 9.59 Å². The van der Waals surface area contributed by atoms with Gasteiger partial charge in [-0.1, -0.05) is 29.8 Å². The maximum Gasteiger partial charge on any atom is 0.269 e. The highest BCUT2D eigenvalue weighted by atomic mass is 16.2. The van der Waals surface area contributed by atoms with Gasteiger partial charge in [-0.3, -0.25) is 14.3 Å². The molecule has 0 spiro atoms. The number of nitrogens with zero attached hydrogens (tertiary/aromatic N) is 5. The van der Waals surface area contributed by atoms with Crippen LogP contribution in [0.15, 0.2) is 42.7 Å². The number of nitrogens with one attached hydrogen (secondary N) is 1. The van der Waals surface area contributed by atoms with Gasteiger partial charge in [0, 0.05) is 18.1 Å². The number of pyridine rings is 1. The summed E-state index contributed by atoms with van der Waals surface area (Å²) < 4.78 is 3.01. The fourth-order valence-corrected chi connectivity index (χ4v) is 3.67. The molecule has 9 heteroatoms. The molecule has 2 amide bonds. The van der Waals surface area contributed by atoms with Crippen LogP contribution in [-0.2, 0) is 17.9 Å². The van der Waals surface area contributed by atoms with E-state index < -0.39 is 5.91 Å². The molecule has 31 heavy (non-hydrogen) atoms. The average Bonchev–Trinajstić information content (AvgIpc) is 3.29. The molecule has 0 fully saturated rings. The maximum absolute atomic E-state index is 12.7. The molecule has 3 N–H and O–H groups in total. The summed E-state index contributed by atoms with van der Waals surface area (Å²) >= 11 is 0. The third-order valence-corrected chi connectivity index (χ3v) is 5.11. The molecule has 0 aliphatic carbocycles. The van der Waals surface area contributed by atoms with Gasteiger partial charge in [-0.2, -0.15) is 10.2 Å². The highest BCUT2D eigenvalue weighted by Crippen LogP contribution is 2.30. The van der Waals surface area contributed by atoms with Crippen LogP contribution in [0.3, 0.4) is 0 Å². The second-order valence-electron chi connectivity index (χ2n) is 7.30. The van der Waals surface area contributed by atoms with Crippen LogP contribution in [-0.4, -0.2) is 36.4 Å². The number of amides is 2. The number of anilines is 1. The molecule has 0 aliphatic rings. The van der Waals surface area contributed by atoms with Crippen molar-refractivity contribution in [1.82, 2.24) is 24.5 Å². The van der Waals surface area contributed by atoms with E-state index in [2.05, 4.69) is 44.8 Å². The van der Waals surface area contributed by atoms with E-state index in [1.165, 1.54) is 16.4 Å². The number of carbonyl (C=O) groups is 2. The van der Waals surface area contributed by atoms with E-state index in [1.54, 1.807) is 10.9 Å². The molecular weight excluding hydrogens is 394 g/mol. The summed E-state index contributed by atoms with van der Waals surface area (Å²) in [6.07, 6.45) is 3.13. The quantitative estimate of drug-likeness (QED) is 0.500. The number of hydrogen-bond donors (Lipinski definition) is 2. The third-order valence-electron chi connectivity index (χ3n) is 5.11. The number of aryl methyl sites for hydroxylation is 3. The molecule has 4 aromatic rings. The van der Waals surface area contributed by atoms with Crippen molar-refractivity contribution in [3.63, 3.8) is 0 Å². The second-order valence-corrected chi connectivity index (χ2v) is 7.30. The minimum Gasteiger partial charge on any atom is -0.364 e. The normalized spacial score (nSPS) is 11.1. The summed E-state index contributed by atoms with van der Waals surface area (Å²) in [7, 11) is 0. The Bertz CT molecular complexity index is 1290. The lowest BCUT2D eigenvalue weighted by molar-refractivity contribution is -0.116. The zero-order valence-electron chi connectivity index (χ0n) is 17.6. The van der Waals surface area contributed by atoms with E-state index in [-0.39, 0.29) is 23.8 Å². The highest BCUT2D eigenvalue weighted by molar-refractivity contribution is 6.02. The van der Waals surface area contributed by atoms with Gasteiger partial charge in [0.2, 0.25) is 5.91 Å². The van der Waals surface area contributed by atoms with Crippen LogP contribution in [0.2, 0.25) is 0 Å². The molecule has 3 aromatic heterocycles. The van der Waals surface area contributed by atoms with Crippen molar-refractivity contribution in [3.05, 3.63) is 59.7 Å². The van der Waals surface area contributed by atoms with E-state index >= 15 is 0 Å². The number of rotatable bonds is 6. The van der Waals surface area contributed by atoms with Crippen molar-refractivity contribution in [3.8, 4) is 11.1 Å². The van der Waals surface area contributed by atoms with Gasteiger partial charge in [0.1, 0.15) is 12.2 Å². The van der Waals surface area contributed by atoms with Crippen molar-refractivity contribution in [2.24, 2.45) is 5.73 Å². The molecule has 0 radical (unpaired) electrons. The highest BCUT2D eigenvalue weighted by Gasteiger charge is 2.19. The minimum atomic E-state index is -0.653. The molecule has 0 saturated heterocycles. The van der Waals surface area contributed by atoms with E-state index in [0.717, 1.165) is 22.2 Å². The summed E-state index contributed by atoms with van der Waals surface area (Å²) in [6, 6.07) is 10.2. The van der Waals surface area contributed by atoms with Crippen molar-refractivity contribution >= 4 is 28.5 Å². The van der Waals surface area contributed by atoms with Crippen LogP contribution < -0.4 is 11.1 Å². The number of carbonyl (C=O) groups excluding carboxylic acids is 2. The Morgan fingerprint density at radius 3 is 2.52 bits per heavy atom. The first-order valence-corrected chi connectivity index (χ1v) is 9.93. The summed E-state index contributed by atoms with van der Waals surface area (Å²) in [5.41, 5.74) is 10.5. The molecule has 9 nitrogen and oxygen atoms in total. The Balaban J connectivity index is 1.65. The lowest BCUT2D eigenvalue weighted by Crippen LogP contribution is -2.23. The zero-order valence-corrected chi connectivity index (χ0v) is 17.6. The van der Waals surface area contributed by atoms with Crippen molar-refractivity contribution < 1.29 is 9.59 Å². The van der Waals surface area contributed by atoms with Crippen LogP contribution >= 0.6 is 0 Å². The van der Waals surface area contributed by atoms with Gasteiger partial charge in [-0.15, -0.1) is 0 Å². The summed E-state index contributed by atoms with van der Waals surface area (Å²) in [5.74, 6) is -1.01. The van der Waals surface area contributed by atoms with E-state index in [0.29, 0.717) is 12.2 Å². The summed E-state index contributed by atoms with van der Waals surface area (Å²) in [4.78, 5) is 28.9. The molecule has 4 rings (SSSR count). The first-order chi connectivity index (χ1) is 14.9. The topological polar surface area (TPSA) is 121 Å². The Morgan fingerprint density at radius 1 is 1.10 bits per heavy atom. The van der Waals surface area contributed by atoms with Crippen LogP contribution in [0, 0.1) is 13.8 Å². The Kier molecular flexibility index (Phi) is 5.24. The number of nitrogens with two attached hydrogens (primary N) is 1. The van der Waals surface area contributed by atoms with Crippen LogP contribution in [0.1, 0.15) is 28.7 Å². The van der Waals surface area contributed by atoms with Crippen LogP contribution in [0.25, 0.3) is 22.2 Å². The molecule has 1 aromatic carbocycles. The number of aromatic nitrogens is 5.